The van der Waals surface area contributed by atoms with Crippen LogP contribution in [0.1, 0.15) is 31.4 Å². The Kier molecular flexibility index (Phi) is 3.47. The minimum Gasteiger partial charge on any atom is -0.310 e. The summed E-state index contributed by atoms with van der Waals surface area (Å²) in [5.74, 6) is 0.770. The predicted octanol–water partition coefficient (Wildman–Crippen LogP) is 3.51. The quantitative estimate of drug-likeness (QED) is 0.865. The third-order valence-corrected chi connectivity index (χ3v) is 3.75. The molecule has 1 aliphatic heterocycles. The highest BCUT2D eigenvalue weighted by atomic mass is 79.9. The van der Waals surface area contributed by atoms with Crippen LogP contribution in [-0.2, 0) is 13.0 Å². The van der Waals surface area contributed by atoms with E-state index in [4.69, 9.17) is 0 Å². The van der Waals surface area contributed by atoms with Crippen LogP contribution in [0.4, 0.5) is 0 Å². The lowest BCUT2D eigenvalue weighted by molar-refractivity contribution is 0.397. The maximum atomic E-state index is 3.65. The Morgan fingerprint density at radius 1 is 1.47 bits per heavy atom. The number of hydrogen-bond donors (Lipinski definition) is 1. The van der Waals surface area contributed by atoms with Crippen molar-refractivity contribution in [3.8, 4) is 0 Å². The van der Waals surface area contributed by atoms with Gasteiger partial charge in [0.1, 0.15) is 0 Å². The summed E-state index contributed by atoms with van der Waals surface area (Å²) >= 11 is 3.65. The summed E-state index contributed by atoms with van der Waals surface area (Å²) in [5.41, 5.74) is 2.95. The third kappa shape index (κ3) is 2.61. The van der Waals surface area contributed by atoms with Gasteiger partial charge in [0.25, 0.3) is 0 Å². The van der Waals surface area contributed by atoms with E-state index in [0.717, 1.165) is 18.9 Å². The van der Waals surface area contributed by atoms with E-state index < -0.39 is 0 Å². The average Bonchev–Trinajstić information content (AvgIpc) is 2.18. The Bertz CT molecular complexity index is 346. The van der Waals surface area contributed by atoms with Gasteiger partial charge < -0.3 is 5.32 Å². The number of rotatable bonds is 2. The van der Waals surface area contributed by atoms with E-state index in [9.17, 15) is 0 Å². The minimum atomic E-state index is 0.649. The summed E-state index contributed by atoms with van der Waals surface area (Å²) in [7, 11) is 0. The van der Waals surface area contributed by atoms with Crippen LogP contribution < -0.4 is 5.32 Å². The maximum Gasteiger partial charge on any atom is 0.0211 e. The second-order valence-electron chi connectivity index (χ2n) is 4.79. The SMILES string of the molecule is CC(C)CC1Cc2c(Br)cccc2CN1. The van der Waals surface area contributed by atoms with Crippen molar-refractivity contribution in [2.24, 2.45) is 5.92 Å². The van der Waals surface area contributed by atoms with Crippen molar-refractivity contribution in [1.82, 2.24) is 5.32 Å². The van der Waals surface area contributed by atoms with Crippen molar-refractivity contribution in [3.63, 3.8) is 0 Å². The Hall–Kier alpha value is -0.340. The van der Waals surface area contributed by atoms with Crippen LogP contribution in [0.2, 0.25) is 0 Å². The van der Waals surface area contributed by atoms with Crippen LogP contribution in [0.15, 0.2) is 22.7 Å². The molecule has 0 bridgehead atoms. The fourth-order valence-electron chi connectivity index (χ4n) is 2.31. The maximum absolute atomic E-state index is 3.65. The Morgan fingerprint density at radius 2 is 2.27 bits per heavy atom. The van der Waals surface area contributed by atoms with Crippen LogP contribution in [0.5, 0.6) is 0 Å². The van der Waals surface area contributed by atoms with E-state index in [1.54, 1.807) is 0 Å². The lowest BCUT2D eigenvalue weighted by Gasteiger charge is -2.28. The average molecular weight is 268 g/mol. The second-order valence-corrected chi connectivity index (χ2v) is 5.64. The summed E-state index contributed by atoms with van der Waals surface area (Å²) < 4.78 is 1.27. The molecule has 0 fully saturated rings. The van der Waals surface area contributed by atoms with E-state index in [1.807, 2.05) is 0 Å². The molecule has 2 heteroatoms. The topological polar surface area (TPSA) is 12.0 Å². The highest BCUT2D eigenvalue weighted by Gasteiger charge is 2.19. The minimum absolute atomic E-state index is 0.649. The largest absolute Gasteiger partial charge is 0.310 e. The molecule has 1 unspecified atom stereocenters. The summed E-state index contributed by atoms with van der Waals surface area (Å²) in [6.07, 6.45) is 2.43. The standard InChI is InChI=1S/C13H18BrN/c1-9(2)6-11-7-12-10(8-15-11)4-3-5-13(12)14/h3-5,9,11,15H,6-8H2,1-2H3. The lowest BCUT2D eigenvalue weighted by atomic mass is 9.91. The van der Waals surface area contributed by atoms with Gasteiger partial charge in [-0.05, 0) is 36.0 Å². The molecule has 1 atom stereocenters. The Labute approximate surface area is 100 Å². The number of halogens is 1. The number of hydrogen-bond acceptors (Lipinski definition) is 1. The van der Waals surface area contributed by atoms with Crippen molar-refractivity contribution in [1.29, 1.82) is 0 Å². The summed E-state index contributed by atoms with van der Waals surface area (Å²) in [6, 6.07) is 7.14. The number of fused-ring (bicyclic) bond motifs is 1. The zero-order chi connectivity index (χ0) is 10.8. The van der Waals surface area contributed by atoms with Gasteiger partial charge in [-0.25, -0.2) is 0 Å². The van der Waals surface area contributed by atoms with Gasteiger partial charge in [0.05, 0.1) is 0 Å². The molecule has 0 amide bonds. The van der Waals surface area contributed by atoms with Crippen molar-refractivity contribution < 1.29 is 0 Å². The van der Waals surface area contributed by atoms with Crippen LogP contribution >= 0.6 is 15.9 Å². The molecule has 0 radical (unpaired) electrons. The molecule has 15 heavy (non-hydrogen) atoms. The molecule has 0 saturated carbocycles. The lowest BCUT2D eigenvalue weighted by Crippen LogP contribution is -2.36. The summed E-state index contributed by atoms with van der Waals surface area (Å²) in [5, 5.41) is 3.61. The zero-order valence-electron chi connectivity index (χ0n) is 9.39. The smallest absolute Gasteiger partial charge is 0.0211 e. The monoisotopic (exact) mass is 267 g/mol. The first-order chi connectivity index (χ1) is 7.16. The number of nitrogens with one attached hydrogen (secondary N) is 1. The molecule has 1 heterocycles. The predicted molar refractivity (Wildman–Crippen MR) is 67.9 cm³/mol. The summed E-state index contributed by atoms with van der Waals surface area (Å²) in [4.78, 5) is 0. The van der Waals surface area contributed by atoms with Gasteiger partial charge in [0, 0.05) is 17.1 Å². The van der Waals surface area contributed by atoms with Crippen LogP contribution in [-0.4, -0.2) is 6.04 Å². The van der Waals surface area contributed by atoms with Gasteiger partial charge in [0.2, 0.25) is 0 Å². The molecular formula is C13H18BrN. The molecule has 1 aliphatic rings. The van der Waals surface area contributed by atoms with E-state index in [1.165, 1.54) is 22.0 Å². The molecule has 0 aliphatic carbocycles. The molecule has 0 aromatic heterocycles. The second kappa shape index (κ2) is 4.67. The Balaban J connectivity index is 2.15. The van der Waals surface area contributed by atoms with Crippen molar-refractivity contribution in [2.75, 3.05) is 0 Å². The number of benzene rings is 1. The normalized spacial score (nSPS) is 20.4. The molecule has 1 nitrogen and oxygen atoms in total. The van der Waals surface area contributed by atoms with Gasteiger partial charge in [-0.2, -0.15) is 0 Å². The highest BCUT2D eigenvalue weighted by molar-refractivity contribution is 9.10. The zero-order valence-corrected chi connectivity index (χ0v) is 11.0. The molecule has 1 aromatic carbocycles. The third-order valence-electron chi connectivity index (χ3n) is 3.00. The summed E-state index contributed by atoms with van der Waals surface area (Å²) in [6.45, 7) is 5.60. The molecule has 82 valence electrons. The molecule has 1 N–H and O–H groups in total. The van der Waals surface area contributed by atoms with Crippen LogP contribution in [0.3, 0.4) is 0 Å². The molecule has 1 aromatic rings. The first-order valence-electron chi connectivity index (χ1n) is 5.66. The fourth-order valence-corrected chi connectivity index (χ4v) is 2.88. The van der Waals surface area contributed by atoms with Gasteiger partial charge >= 0.3 is 0 Å². The molecule has 0 saturated heterocycles. The van der Waals surface area contributed by atoms with Gasteiger partial charge in [-0.3, -0.25) is 0 Å². The first kappa shape index (κ1) is 11.2. The van der Waals surface area contributed by atoms with E-state index >= 15 is 0 Å². The van der Waals surface area contributed by atoms with Crippen molar-refractivity contribution >= 4 is 15.9 Å². The highest BCUT2D eigenvalue weighted by Crippen LogP contribution is 2.26. The van der Waals surface area contributed by atoms with Crippen LogP contribution in [0, 0.1) is 5.92 Å². The van der Waals surface area contributed by atoms with Crippen LogP contribution in [0.25, 0.3) is 0 Å². The van der Waals surface area contributed by atoms with Gasteiger partial charge in [0.15, 0.2) is 0 Å². The van der Waals surface area contributed by atoms with E-state index in [-0.39, 0.29) is 0 Å². The van der Waals surface area contributed by atoms with Crippen molar-refractivity contribution in [2.45, 2.75) is 39.3 Å². The van der Waals surface area contributed by atoms with E-state index in [2.05, 4.69) is 53.3 Å². The molecule has 0 spiro atoms. The Morgan fingerprint density at radius 3 is 3.00 bits per heavy atom. The molecular weight excluding hydrogens is 250 g/mol. The van der Waals surface area contributed by atoms with Gasteiger partial charge in [-0.15, -0.1) is 0 Å². The van der Waals surface area contributed by atoms with Gasteiger partial charge in [-0.1, -0.05) is 41.9 Å². The fraction of sp³-hybridized carbons (Fsp3) is 0.538. The van der Waals surface area contributed by atoms with Crippen molar-refractivity contribution in [3.05, 3.63) is 33.8 Å². The van der Waals surface area contributed by atoms with E-state index in [0.29, 0.717) is 6.04 Å². The molecule has 2 rings (SSSR count). The first-order valence-corrected chi connectivity index (χ1v) is 6.45.